The van der Waals surface area contributed by atoms with Gasteiger partial charge in [0.25, 0.3) is 0 Å². The average molecular weight is 315 g/mol. The summed E-state index contributed by atoms with van der Waals surface area (Å²) in [6.07, 6.45) is 0. The molecule has 0 saturated heterocycles. The highest BCUT2D eigenvalue weighted by Crippen LogP contribution is 2.49. The van der Waals surface area contributed by atoms with Crippen LogP contribution in [0, 0.1) is 0 Å². The van der Waals surface area contributed by atoms with Gasteiger partial charge in [-0.3, -0.25) is 0 Å². The fraction of sp³-hybridized carbons (Fsp3) is 0.368. The van der Waals surface area contributed by atoms with Crippen LogP contribution in [0.2, 0.25) is 0 Å². The summed E-state index contributed by atoms with van der Waals surface area (Å²) in [5.74, 6) is 0. The molecule has 118 valence electrons. The molecule has 2 rings (SSSR count). The highest BCUT2D eigenvalue weighted by Gasteiger charge is 2.28. The van der Waals surface area contributed by atoms with E-state index >= 15 is 0 Å². The molecule has 0 bridgehead atoms. The highest BCUT2D eigenvalue weighted by molar-refractivity contribution is 7.49. The third-order valence-electron chi connectivity index (χ3n) is 4.00. The Morgan fingerprint density at radius 2 is 1.27 bits per heavy atom. The molecule has 0 aliphatic heterocycles. The number of rotatable bonds is 7. The molecular weight excluding hydrogens is 289 g/mol. The summed E-state index contributed by atoms with van der Waals surface area (Å²) in [4.78, 5) is 0. The zero-order chi connectivity index (χ0) is 15.9. The van der Waals surface area contributed by atoms with Gasteiger partial charge in [-0.1, -0.05) is 60.7 Å². The summed E-state index contributed by atoms with van der Waals surface area (Å²) in [7, 11) is -0.637. The Morgan fingerprint density at radius 3 is 1.64 bits per heavy atom. The predicted molar refractivity (Wildman–Crippen MR) is 96.0 cm³/mol. The van der Waals surface area contributed by atoms with Gasteiger partial charge in [0.2, 0.25) is 0 Å². The van der Waals surface area contributed by atoms with Crippen LogP contribution in [0.15, 0.2) is 60.7 Å². The summed E-state index contributed by atoms with van der Waals surface area (Å²) in [6, 6.07) is 22.0. The van der Waals surface area contributed by atoms with Gasteiger partial charge in [0.15, 0.2) is 0 Å². The molecule has 3 unspecified atom stereocenters. The lowest BCUT2D eigenvalue weighted by Gasteiger charge is -2.38. The molecule has 0 radical (unpaired) electrons. The van der Waals surface area contributed by atoms with E-state index in [1.807, 2.05) is 0 Å². The van der Waals surface area contributed by atoms with Crippen molar-refractivity contribution in [2.24, 2.45) is 0 Å². The molecule has 0 spiro atoms. The van der Waals surface area contributed by atoms with Crippen molar-refractivity contribution in [1.29, 1.82) is 0 Å². The molecule has 0 fully saturated rings. The molecule has 0 heterocycles. The van der Waals surface area contributed by atoms with E-state index in [9.17, 15) is 0 Å². The minimum absolute atomic E-state index is 0.319. The van der Waals surface area contributed by atoms with Crippen LogP contribution in [0.5, 0.6) is 0 Å². The van der Waals surface area contributed by atoms with Crippen LogP contribution in [-0.4, -0.2) is 17.9 Å². The van der Waals surface area contributed by atoms with Gasteiger partial charge in [-0.25, -0.2) is 4.67 Å². The predicted octanol–water partition coefficient (Wildman–Crippen LogP) is 5.79. The van der Waals surface area contributed by atoms with Gasteiger partial charge < -0.3 is 4.52 Å². The van der Waals surface area contributed by atoms with E-state index in [-0.39, 0.29) is 0 Å². The van der Waals surface area contributed by atoms with Gasteiger partial charge in [0.05, 0.1) is 0 Å². The Balaban J connectivity index is 2.30. The third kappa shape index (κ3) is 4.16. The number of benzene rings is 2. The summed E-state index contributed by atoms with van der Waals surface area (Å²) >= 11 is 0. The summed E-state index contributed by atoms with van der Waals surface area (Å²) in [5.41, 5.74) is 2.67. The van der Waals surface area contributed by atoms with E-state index in [2.05, 4.69) is 92.8 Å². The zero-order valence-electron chi connectivity index (χ0n) is 13.9. The quantitative estimate of drug-likeness (QED) is 0.600. The molecule has 2 aromatic carbocycles. The molecule has 0 N–H and O–H groups in total. The molecule has 0 aliphatic carbocycles. The zero-order valence-corrected chi connectivity index (χ0v) is 14.8. The van der Waals surface area contributed by atoms with Gasteiger partial charge in [-0.05, 0) is 38.6 Å². The van der Waals surface area contributed by atoms with E-state index in [0.29, 0.717) is 12.1 Å². The van der Waals surface area contributed by atoms with Crippen molar-refractivity contribution in [2.45, 2.75) is 32.9 Å². The molecule has 0 aliphatic rings. The van der Waals surface area contributed by atoms with E-state index in [4.69, 9.17) is 4.52 Å². The SMILES string of the molecule is CCOP(C)N(C(C)c1ccccc1)C(C)c1ccccc1. The van der Waals surface area contributed by atoms with Gasteiger partial charge in [-0.2, -0.15) is 0 Å². The van der Waals surface area contributed by atoms with Crippen molar-refractivity contribution >= 4 is 8.30 Å². The van der Waals surface area contributed by atoms with Crippen LogP contribution >= 0.6 is 8.30 Å². The maximum Gasteiger partial charge on any atom is 0.102 e. The second-order valence-corrected chi connectivity index (χ2v) is 7.08. The van der Waals surface area contributed by atoms with Crippen LogP contribution in [0.3, 0.4) is 0 Å². The van der Waals surface area contributed by atoms with Gasteiger partial charge >= 0.3 is 0 Å². The van der Waals surface area contributed by atoms with Crippen molar-refractivity contribution in [2.75, 3.05) is 13.3 Å². The Labute approximate surface area is 136 Å². The van der Waals surface area contributed by atoms with E-state index < -0.39 is 8.30 Å². The fourth-order valence-corrected chi connectivity index (χ4v) is 4.59. The smallest absolute Gasteiger partial charge is 0.102 e. The topological polar surface area (TPSA) is 12.5 Å². The van der Waals surface area contributed by atoms with Crippen molar-refractivity contribution in [3.63, 3.8) is 0 Å². The monoisotopic (exact) mass is 315 g/mol. The molecule has 2 nitrogen and oxygen atoms in total. The van der Waals surface area contributed by atoms with Crippen LogP contribution < -0.4 is 0 Å². The van der Waals surface area contributed by atoms with Crippen molar-refractivity contribution in [3.05, 3.63) is 71.8 Å². The maximum absolute atomic E-state index is 5.98. The average Bonchev–Trinajstić information content (AvgIpc) is 2.56. The summed E-state index contributed by atoms with van der Waals surface area (Å²) in [6.45, 7) is 9.57. The second kappa shape index (κ2) is 8.43. The largest absolute Gasteiger partial charge is 0.344 e. The first-order valence-electron chi connectivity index (χ1n) is 7.90. The maximum atomic E-state index is 5.98. The Morgan fingerprint density at radius 1 is 0.864 bits per heavy atom. The normalized spacial score (nSPS) is 15.5. The van der Waals surface area contributed by atoms with Crippen LogP contribution in [-0.2, 0) is 4.52 Å². The van der Waals surface area contributed by atoms with Crippen LogP contribution in [0.4, 0.5) is 0 Å². The van der Waals surface area contributed by atoms with E-state index in [1.165, 1.54) is 11.1 Å². The molecule has 3 heteroatoms. The second-order valence-electron chi connectivity index (χ2n) is 5.44. The molecule has 0 amide bonds. The van der Waals surface area contributed by atoms with E-state index in [1.54, 1.807) is 0 Å². The Hall–Kier alpha value is -1.21. The molecule has 0 saturated carbocycles. The van der Waals surface area contributed by atoms with Gasteiger partial charge in [0, 0.05) is 18.7 Å². The first-order chi connectivity index (χ1) is 10.6. The lowest BCUT2D eigenvalue weighted by molar-refractivity contribution is 0.247. The number of hydrogen-bond donors (Lipinski definition) is 0. The molecule has 2 aromatic rings. The Kier molecular flexibility index (Phi) is 6.57. The lowest BCUT2D eigenvalue weighted by Crippen LogP contribution is -2.26. The van der Waals surface area contributed by atoms with Crippen molar-refractivity contribution in [1.82, 2.24) is 4.67 Å². The highest BCUT2D eigenvalue weighted by atomic mass is 31.2. The van der Waals surface area contributed by atoms with Gasteiger partial charge in [0.1, 0.15) is 8.30 Å². The lowest BCUT2D eigenvalue weighted by atomic mass is 10.0. The van der Waals surface area contributed by atoms with Crippen molar-refractivity contribution in [3.8, 4) is 0 Å². The molecular formula is C19H26NOP. The van der Waals surface area contributed by atoms with Crippen molar-refractivity contribution < 1.29 is 4.52 Å². The minimum atomic E-state index is -0.637. The summed E-state index contributed by atoms with van der Waals surface area (Å²) in [5, 5.41) is 0. The molecule has 22 heavy (non-hydrogen) atoms. The molecule has 0 aromatic heterocycles. The molecule has 3 atom stereocenters. The van der Waals surface area contributed by atoms with Gasteiger partial charge in [-0.15, -0.1) is 0 Å². The number of nitrogens with zero attached hydrogens (tertiary/aromatic N) is 1. The Bertz CT molecular complexity index is 500. The third-order valence-corrected chi connectivity index (χ3v) is 5.97. The van der Waals surface area contributed by atoms with Crippen LogP contribution in [0.25, 0.3) is 0 Å². The first kappa shape index (κ1) is 17.1. The van der Waals surface area contributed by atoms with E-state index in [0.717, 1.165) is 6.61 Å². The summed E-state index contributed by atoms with van der Waals surface area (Å²) < 4.78 is 8.48. The first-order valence-corrected chi connectivity index (χ1v) is 9.55. The minimum Gasteiger partial charge on any atom is -0.344 e. The number of hydrogen-bond acceptors (Lipinski definition) is 2. The standard InChI is InChI=1S/C19H26NOP/c1-5-21-22(4)20(16(2)18-12-8-6-9-13-18)17(3)19-14-10-7-11-15-19/h6-17H,5H2,1-4H3. The fourth-order valence-electron chi connectivity index (χ4n) is 2.85. The van der Waals surface area contributed by atoms with Crippen LogP contribution in [0.1, 0.15) is 44.0 Å².